The van der Waals surface area contributed by atoms with Crippen LogP contribution in [0.1, 0.15) is 25.0 Å². The lowest BCUT2D eigenvalue weighted by atomic mass is 9.92. The van der Waals surface area contributed by atoms with Gasteiger partial charge in [0.1, 0.15) is 0 Å². The summed E-state index contributed by atoms with van der Waals surface area (Å²) in [6, 6.07) is 20.4. The van der Waals surface area contributed by atoms with Gasteiger partial charge in [0.2, 0.25) is 5.54 Å². The Morgan fingerprint density at radius 1 is 0.895 bits per heavy atom. The fraction of sp³-hybridized carbons (Fsp3) is 0.167. The Bertz CT molecular complexity index is 560. The van der Waals surface area contributed by atoms with Crippen molar-refractivity contribution in [3.63, 3.8) is 0 Å². The predicted octanol–water partition coefficient (Wildman–Crippen LogP) is 4.82. The van der Waals surface area contributed by atoms with Gasteiger partial charge in [-0.25, -0.2) is 6.57 Å². The summed E-state index contributed by atoms with van der Waals surface area (Å²) in [4.78, 5) is 3.68. The SMILES string of the molecule is [C-]#[N+]C(C)(C)C=C(c1ccccc1)c1ccccc1. The van der Waals surface area contributed by atoms with Crippen molar-refractivity contribution in [1.82, 2.24) is 0 Å². The van der Waals surface area contributed by atoms with Crippen LogP contribution in [0, 0.1) is 6.57 Å². The molecule has 0 amide bonds. The second-order valence-electron chi connectivity index (χ2n) is 5.06. The maximum atomic E-state index is 7.30. The van der Waals surface area contributed by atoms with Crippen molar-refractivity contribution in [3.8, 4) is 0 Å². The average Bonchev–Trinajstić information content (AvgIpc) is 2.47. The van der Waals surface area contributed by atoms with E-state index in [1.54, 1.807) is 0 Å². The van der Waals surface area contributed by atoms with Crippen molar-refractivity contribution in [2.24, 2.45) is 0 Å². The van der Waals surface area contributed by atoms with Crippen LogP contribution in [0.15, 0.2) is 66.7 Å². The van der Waals surface area contributed by atoms with Gasteiger partial charge in [-0.15, -0.1) is 0 Å². The molecule has 0 aliphatic carbocycles. The van der Waals surface area contributed by atoms with Gasteiger partial charge in [-0.2, -0.15) is 0 Å². The van der Waals surface area contributed by atoms with E-state index in [-0.39, 0.29) is 0 Å². The number of rotatable bonds is 3. The van der Waals surface area contributed by atoms with E-state index in [1.807, 2.05) is 56.3 Å². The molecule has 0 fully saturated rings. The molecular formula is C18H17N. The Hall–Kier alpha value is -2.33. The summed E-state index contributed by atoms with van der Waals surface area (Å²) >= 11 is 0. The Balaban J connectivity index is 2.56. The second-order valence-corrected chi connectivity index (χ2v) is 5.06. The quantitative estimate of drug-likeness (QED) is 0.685. The Morgan fingerprint density at radius 3 is 1.68 bits per heavy atom. The maximum Gasteiger partial charge on any atom is 0.246 e. The highest BCUT2D eigenvalue weighted by molar-refractivity contribution is 5.80. The largest absolute Gasteiger partial charge is 0.306 e. The number of hydrogen-bond acceptors (Lipinski definition) is 0. The molecule has 0 saturated carbocycles. The summed E-state index contributed by atoms with van der Waals surface area (Å²) in [6.07, 6.45) is 2.05. The van der Waals surface area contributed by atoms with E-state index in [0.717, 1.165) is 16.7 Å². The fourth-order valence-electron chi connectivity index (χ4n) is 1.95. The molecule has 0 unspecified atom stereocenters. The Kier molecular flexibility index (Phi) is 3.82. The highest BCUT2D eigenvalue weighted by Gasteiger charge is 2.21. The van der Waals surface area contributed by atoms with E-state index in [9.17, 15) is 0 Å². The molecule has 0 aliphatic rings. The van der Waals surface area contributed by atoms with E-state index in [2.05, 4.69) is 29.1 Å². The lowest BCUT2D eigenvalue weighted by Gasteiger charge is -2.12. The van der Waals surface area contributed by atoms with Crippen molar-refractivity contribution >= 4 is 5.57 Å². The summed E-state index contributed by atoms with van der Waals surface area (Å²) in [5.41, 5.74) is 2.90. The molecule has 0 aromatic heterocycles. The first-order chi connectivity index (χ1) is 9.12. The molecule has 0 bridgehead atoms. The van der Waals surface area contributed by atoms with Crippen LogP contribution in [-0.4, -0.2) is 5.54 Å². The van der Waals surface area contributed by atoms with E-state index in [1.165, 1.54) is 0 Å². The van der Waals surface area contributed by atoms with Crippen molar-refractivity contribution in [3.05, 3.63) is 89.3 Å². The normalized spacial score (nSPS) is 10.6. The molecular weight excluding hydrogens is 230 g/mol. The molecule has 0 saturated heterocycles. The molecule has 1 heteroatoms. The smallest absolute Gasteiger partial charge is 0.246 e. The minimum atomic E-state index is -0.499. The van der Waals surface area contributed by atoms with Crippen LogP contribution in [0.5, 0.6) is 0 Å². The minimum Gasteiger partial charge on any atom is -0.306 e. The van der Waals surface area contributed by atoms with Crippen LogP contribution in [0.25, 0.3) is 10.4 Å². The standard InChI is InChI=1S/C18H17N/c1-18(2,19-3)14-17(15-10-6-4-7-11-15)16-12-8-5-9-13-16/h4-14H,1-2H3. The monoisotopic (exact) mass is 247 g/mol. The van der Waals surface area contributed by atoms with Crippen molar-refractivity contribution in [1.29, 1.82) is 0 Å². The first-order valence-corrected chi connectivity index (χ1v) is 6.35. The molecule has 0 N–H and O–H groups in total. The third-order valence-corrected chi connectivity index (χ3v) is 2.96. The van der Waals surface area contributed by atoms with Crippen LogP contribution >= 0.6 is 0 Å². The summed E-state index contributed by atoms with van der Waals surface area (Å²) in [5, 5.41) is 0. The van der Waals surface area contributed by atoms with Gasteiger partial charge >= 0.3 is 0 Å². The first-order valence-electron chi connectivity index (χ1n) is 6.35. The van der Waals surface area contributed by atoms with Gasteiger partial charge in [0.25, 0.3) is 0 Å². The third kappa shape index (κ3) is 3.33. The molecule has 0 atom stereocenters. The lowest BCUT2D eigenvalue weighted by molar-refractivity contribution is 0.775. The van der Waals surface area contributed by atoms with Gasteiger partial charge in [-0.3, -0.25) is 0 Å². The maximum absolute atomic E-state index is 7.30. The number of nitrogens with zero attached hydrogens (tertiary/aromatic N) is 1. The average molecular weight is 247 g/mol. The van der Waals surface area contributed by atoms with Gasteiger partial charge in [0, 0.05) is 19.9 Å². The summed E-state index contributed by atoms with van der Waals surface area (Å²) in [6.45, 7) is 11.2. The zero-order valence-electron chi connectivity index (χ0n) is 11.3. The summed E-state index contributed by atoms with van der Waals surface area (Å²) in [5.74, 6) is 0. The van der Waals surface area contributed by atoms with E-state index >= 15 is 0 Å². The van der Waals surface area contributed by atoms with Crippen molar-refractivity contribution in [2.75, 3.05) is 0 Å². The molecule has 0 aliphatic heterocycles. The second kappa shape index (κ2) is 5.54. The molecule has 2 aromatic rings. The summed E-state index contributed by atoms with van der Waals surface area (Å²) in [7, 11) is 0. The zero-order chi connectivity index (χ0) is 13.7. The van der Waals surface area contributed by atoms with Crippen LogP contribution in [0.3, 0.4) is 0 Å². The lowest BCUT2D eigenvalue weighted by Crippen LogP contribution is -2.10. The predicted molar refractivity (Wildman–Crippen MR) is 80.6 cm³/mol. The third-order valence-electron chi connectivity index (χ3n) is 2.96. The molecule has 0 spiro atoms. The molecule has 2 aromatic carbocycles. The first kappa shape index (κ1) is 13.1. The highest BCUT2D eigenvalue weighted by Crippen LogP contribution is 2.27. The topological polar surface area (TPSA) is 4.36 Å². The van der Waals surface area contributed by atoms with Crippen LogP contribution in [0.4, 0.5) is 0 Å². The molecule has 94 valence electrons. The van der Waals surface area contributed by atoms with Crippen LogP contribution < -0.4 is 0 Å². The minimum absolute atomic E-state index is 0.499. The van der Waals surface area contributed by atoms with Crippen LogP contribution in [-0.2, 0) is 0 Å². The van der Waals surface area contributed by atoms with Gasteiger partial charge in [0.05, 0.1) is 0 Å². The van der Waals surface area contributed by atoms with Gasteiger partial charge in [0.15, 0.2) is 0 Å². The van der Waals surface area contributed by atoms with Crippen LogP contribution in [0.2, 0.25) is 0 Å². The molecule has 2 rings (SSSR count). The van der Waals surface area contributed by atoms with Gasteiger partial charge in [-0.1, -0.05) is 60.7 Å². The fourth-order valence-corrected chi connectivity index (χ4v) is 1.95. The summed E-state index contributed by atoms with van der Waals surface area (Å²) < 4.78 is 0. The van der Waals surface area contributed by atoms with Gasteiger partial charge < -0.3 is 4.85 Å². The molecule has 0 heterocycles. The Morgan fingerprint density at radius 2 is 1.32 bits per heavy atom. The molecule has 1 nitrogen and oxygen atoms in total. The zero-order valence-corrected chi connectivity index (χ0v) is 11.3. The van der Waals surface area contributed by atoms with E-state index in [0.29, 0.717) is 0 Å². The van der Waals surface area contributed by atoms with E-state index < -0.39 is 5.54 Å². The molecule has 0 radical (unpaired) electrons. The highest BCUT2D eigenvalue weighted by atomic mass is 14.8. The van der Waals surface area contributed by atoms with Crippen molar-refractivity contribution < 1.29 is 0 Å². The molecule has 19 heavy (non-hydrogen) atoms. The Labute approximate surface area is 115 Å². The van der Waals surface area contributed by atoms with Crippen molar-refractivity contribution in [2.45, 2.75) is 19.4 Å². The number of benzene rings is 2. The van der Waals surface area contributed by atoms with E-state index in [4.69, 9.17) is 6.57 Å². The van der Waals surface area contributed by atoms with Gasteiger partial charge in [-0.05, 0) is 16.7 Å². The number of hydrogen-bond donors (Lipinski definition) is 0.